The van der Waals surface area contributed by atoms with Gasteiger partial charge in [-0.05, 0) is 30.0 Å². The largest absolute Gasteiger partial charge is 0.487 e. The van der Waals surface area contributed by atoms with Crippen LogP contribution in [0.2, 0.25) is 4.34 Å². The molecule has 0 spiro atoms. The highest BCUT2D eigenvalue weighted by Gasteiger charge is 2.11. The molecule has 0 aliphatic carbocycles. The summed E-state index contributed by atoms with van der Waals surface area (Å²) in [5.74, 6) is 1.32. The Morgan fingerprint density at radius 3 is 2.78 bits per heavy atom. The molecule has 0 radical (unpaired) electrons. The van der Waals surface area contributed by atoms with Crippen molar-refractivity contribution >= 4 is 23.1 Å². The zero-order chi connectivity index (χ0) is 13.1. The Hall–Kier alpha value is -1.13. The number of hydrogen-bond donors (Lipinski definition) is 0. The van der Waals surface area contributed by atoms with Crippen molar-refractivity contribution in [3.63, 3.8) is 0 Å². The third-order valence-electron chi connectivity index (χ3n) is 2.66. The van der Waals surface area contributed by atoms with Crippen LogP contribution in [0.4, 0.5) is 0 Å². The summed E-state index contributed by atoms with van der Waals surface area (Å²) in [6.45, 7) is 6.71. The van der Waals surface area contributed by atoms with E-state index in [9.17, 15) is 0 Å². The Morgan fingerprint density at radius 1 is 1.39 bits per heavy atom. The van der Waals surface area contributed by atoms with E-state index in [2.05, 4.69) is 35.6 Å². The lowest BCUT2D eigenvalue weighted by atomic mass is 10.0. The zero-order valence-electron chi connectivity index (χ0n) is 10.6. The van der Waals surface area contributed by atoms with Gasteiger partial charge in [0.15, 0.2) is 0 Å². The molecule has 5 heteroatoms. The average Bonchev–Trinajstić information content (AvgIpc) is 2.72. The van der Waals surface area contributed by atoms with Gasteiger partial charge in [-0.25, -0.2) is 0 Å². The molecule has 1 aromatic heterocycles. The van der Waals surface area contributed by atoms with Crippen LogP contribution in [0.25, 0.3) is 0 Å². The molecule has 96 valence electrons. The third-order valence-corrected chi connectivity index (χ3v) is 3.65. The van der Waals surface area contributed by atoms with Gasteiger partial charge in [0.1, 0.15) is 22.4 Å². The van der Waals surface area contributed by atoms with Crippen molar-refractivity contribution in [2.75, 3.05) is 0 Å². The lowest BCUT2D eigenvalue weighted by molar-refractivity contribution is 0.297. The first-order chi connectivity index (χ1) is 8.58. The summed E-state index contributed by atoms with van der Waals surface area (Å²) < 4.78 is 10.2. The maximum atomic E-state index is 5.95. The van der Waals surface area contributed by atoms with Crippen molar-refractivity contribution in [2.45, 2.75) is 33.3 Å². The number of halogens is 1. The Kier molecular flexibility index (Phi) is 4.19. The molecular formula is C13H15ClN2OS. The number of aryl methyl sites for hydroxylation is 1. The van der Waals surface area contributed by atoms with Crippen LogP contribution in [0, 0.1) is 6.92 Å². The number of aromatic nitrogens is 2. The molecule has 0 N–H and O–H groups in total. The van der Waals surface area contributed by atoms with E-state index < -0.39 is 0 Å². The van der Waals surface area contributed by atoms with E-state index in [1.54, 1.807) is 0 Å². The smallest absolute Gasteiger partial charge is 0.141 e. The van der Waals surface area contributed by atoms with Crippen LogP contribution in [-0.2, 0) is 6.61 Å². The number of nitrogens with zero attached hydrogens (tertiary/aromatic N) is 2. The van der Waals surface area contributed by atoms with Gasteiger partial charge in [0, 0.05) is 11.5 Å². The van der Waals surface area contributed by atoms with Crippen molar-refractivity contribution in [3.8, 4) is 5.75 Å². The van der Waals surface area contributed by atoms with Crippen molar-refractivity contribution in [1.82, 2.24) is 9.59 Å². The molecule has 18 heavy (non-hydrogen) atoms. The quantitative estimate of drug-likeness (QED) is 0.843. The number of rotatable bonds is 4. The molecule has 0 saturated heterocycles. The number of ether oxygens (including phenoxy) is 1. The summed E-state index contributed by atoms with van der Waals surface area (Å²) in [5, 5.41) is 3.94. The highest BCUT2D eigenvalue weighted by atomic mass is 35.5. The Bertz CT molecular complexity index is 540. The molecule has 2 rings (SSSR count). The number of benzene rings is 1. The van der Waals surface area contributed by atoms with Crippen molar-refractivity contribution in [1.29, 1.82) is 0 Å². The predicted octanol–water partition coefficient (Wildman–Crippen LogP) is 4.20. The van der Waals surface area contributed by atoms with Gasteiger partial charge in [0.25, 0.3) is 0 Å². The maximum absolute atomic E-state index is 5.95. The summed E-state index contributed by atoms with van der Waals surface area (Å²) in [7, 11) is 0. The molecule has 0 aliphatic rings. The molecule has 0 bridgehead atoms. The molecule has 0 amide bonds. The van der Waals surface area contributed by atoms with E-state index in [1.165, 1.54) is 22.7 Å². The van der Waals surface area contributed by atoms with E-state index in [-0.39, 0.29) is 0 Å². The van der Waals surface area contributed by atoms with Gasteiger partial charge in [-0.1, -0.05) is 42.1 Å². The Labute approximate surface area is 116 Å². The minimum Gasteiger partial charge on any atom is -0.487 e. The molecule has 3 nitrogen and oxygen atoms in total. The van der Waals surface area contributed by atoms with Crippen LogP contribution < -0.4 is 4.74 Å². The van der Waals surface area contributed by atoms with Crippen molar-refractivity contribution < 1.29 is 4.74 Å². The molecule has 0 aliphatic heterocycles. The monoisotopic (exact) mass is 282 g/mol. The second kappa shape index (κ2) is 5.67. The van der Waals surface area contributed by atoms with Crippen LogP contribution in [0.15, 0.2) is 18.2 Å². The second-order valence-corrected chi connectivity index (χ2v) is 5.83. The van der Waals surface area contributed by atoms with Crippen molar-refractivity contribution in [3.05, 3.63) is 39.4 Å². The highest BCUT2D eigenvalue weighted by Crippen LogP contribution is 2.28. The molecule has 0 atom stereocenters. The van der Waals surface area contributed by atoms with E-state index in [1.807, 2.05) is 13.0 Å². The first kappa shape index (κ1) is 13.3. The molecule has 0 fully saturated rings. The predicted molar refractivity (Wildman–Crippen MR) is 74.5 cm³/mol. The van der Waals surface area contributed by atoms with Crippen LogP contribution in [-0.4, -0.2) is 9.59 Å². The van der Waals surface area contributed by atoms with Gasteiger partial charge in [0.05, 0.1) is 0 Å². The minimum atomic E-state index is 0.360. The first-order valence-corrected chi connectivity index (χ1v) is 6.93. The molecular weight excluding hydrogens is 268 g/mol. The van der Waals surface area contributed by atoms with Crippen molar-refractivity contribution in [2.24, 2.45) is 0 Å². The molecule has 2 aromatic rings. The lowest BCUT2D eigenvalue weighted by Crippen LogP contribution is -2.01. The van der Waals surface area contributed by atoms with Gasteiger partial charge >= 0.3 is 0 Å². The summed E-state index contributed by atoms with van der Waals surface area (Å²) in [6, 6.07) is 6.25. The van der Waals surface area contributed by atoms with Gasteiger partial charge in [0.2, 0.25) is 0 Å². The second-order valence-electron chi connectivity index (χ2n) is 4.48. The fourth-order valence-electron chi connectivity index (χ4n) is 1.67. The molecule has 1 aromatic carbocycles. The van der Waals surface area contributed by atoms with Gasteiger partial charge in [-0.15, -0.1) is 5.10 Å². The highest BCUT2D eigenvalue weighted by molar-refractivity contribution is 7.10. The summed E-state index contributed by atoms with van der Waals surface area (Å²) >= 11 is 7.13. The average molecular weight is 283 g/mol. The topological polar surface area (TPSA) is 35.0 Å². The van der Waals surface area contributed by atoms with E-state index in [0.717, 1.165) is 5.75 Å². The van der Waals surface area contributed by atoms with E-state index in [0.29, 0.717) is 22.6 Å². The Balaban J connectivity index is 2.18. The fourth-order valence-corrected chi connectivity index (χ4v) is 2.27. The number of hydrogen-bond acceptors (Lipinski definition) is 4. The summed E-state index contributed by atoms with van der Waals surface area (Å²) in [4.78, 5) is 0. The SMILES string of the molecule is Cc1ccc(C(C)C)c(OCc2nnsc2Cl)c1. The first-order valence-electron chi connectivity index (χ1n) is 5.78. The van der Waals surface area contributed by atoms with Gasteiger partial charge in [-0.3, -0.25) is 0 Å². The Morgan fingerprint density at radius 2 is 2.17 bits per heavy atom. The van der Waals surface area contributed by atoms with E-state index >= 15 is 0 Å². The standard InChI is InChI=1S/C13H15ClN2OS/c1-8(2)10-5-4-9(3)6-12(10)17-7-11-13(14)18-16-15-11/h4-6,8H,7H2,1-3H3. The fraction of sp³-hybridized carbons (Fsp3) is 0.385. The van der Waals surface area contributed by atoms with E-state index in [4.69, 9.17) is 16.3 Å². The van der Waals surface area contributed by atoms with Crippen LogP contribution in [0.3, 0.4) is 0 Å². The summed E-state index contributed by atoms with van der Waals surface area (Å²) in [6.07, 6.45) is 0. The lowest BCUT2D eigenvalue weighted by Gasteiger charge is -2.14. The minimum absolute atomic E-state index is 0.360. The molecule has 0 saturated carbocycles. The normalized spacial score (nSPS) is 10.9. The van der Waals surface area contributed by atoms with Gasteiger partial charge in [-0.2, -0.15) is 0 Å². The molecule has 1 heterocycles. The van der Waals surface area contributed by atoms with Gasteiger partial charge < -0.3 is 4.74 Å². The van der Waals surface area contributed by atoms with Crippen LogP contribution >= 0.6 is 23.1 Å². The maximum Gasteiger partial charge on any atom is 0.141 e. The van der Waals surface area contributed by atoms with Crippen LogP contribution in [0.5, 0.6) is 5.75 Å². The van der Waals surface area contributed by atoms with Crippen LogP contribution in [0.1, 0.15) is 36.6 Å². The zero-order valence-corrected chi connectivity index (χ0v) is 12.2. The summed E-state index contributed by atoms with van der Waals surface area (Å²) in [5.41, 5.74) is 3.06. The molecule has 0 unspecified atom stereocenters. The third kappa shape index (κ3) is 3.00.